The summed E-state index contributed by atoms with van der Waals surface area (Å²) < 4.78 is 25.3. The first-order valence-electron chi connectivity index (χ1n) is 5.07. The monoisotopic (exact) mass is 433 g/mol. The molecule has 0 heterocycles. The van der Waals surface area contributed by atoms with Gasteiger partial charge in [-0.1, -0.05) is 15.9 Å². The van der Waals surface area contributed by atoms with Gasteiger partial charge in [0, 0.05) is 17.4 Å². The van der Waals surface area contributed by atoms with Crippen molar-refractivity contribution < 1.29 is 18.7 Å². The number of hydrogen-bond donors (Lipinski definition) is 1. The number of benzene rings is 1. The fraction of sp³-hybridized carbons (Fsp3) is 0.364. The van der Waals surface area contributed by atoms with Crippen molar-refractivity contribution in [1.29, 1.82) is 0 Å². The van der Waals surface area contributed by atoms with Gasteiger partial charge in [-0.25, -0.2) is 8.78 Å². The first kappa shape index (κ1) is 15.6. The van der Waals surface area contributed by atoms with Crippen molar-refractivity contribution in [2.75, 3.05) is 18.4 Å². The van der Waals surface area contributed by atoms with Crippen LogP contribution in [0.2, 0.25) is 0 Å². The standard InChI is InChI=1S/C11H11BrF2INO2/c12-3-4-16(6-10(13)14)11(18)7-1-2-8(15)9(17)5-7/h1-2,5,10,17H,3-4,6H2. The van der Waals surface area contributed by atoms with E-state index in [1.165, 1.54) is 12.1 Å². The fourth-order valence-electron chi connectivity index (χ4n) is 1.37. The molecule has 0 aliphatic heterocycles. The van der Waals surface area contributed by atoms with Crippen LogP contribution in [0.3, 0.4) is 0 Å². The van der Waals surface area contributed by atoms with Gasteiger partial charge in [0.25, 0.3) is 12.3 Å². The number of rotatable bonds is 5. The molecule has 0 fully saturated rings. The Kier molecular flexibility index (Phi) is 6.27. The number of alkyl halides is 3. The molecule has 0 aromatic heterocycles. The highest BCUT2D eigenvalue weighted by atomic mass is 127. The molecule has 1 amide bonds. The number of phenolic OH excluding ortho intramolecular Hbond substituents is 1. The van der Waals surface area contributed by atoms with Crippen molar-refractivity contribution in [3.63, 3.8) is 0 Å². The molecule has 0 aliphatic carbocycles. The first-order chi connectivity index (χ1) is 8.45. The topological polar surface area (TPSA) is 40.5 Å². The number of nitrogens with zero attached hydrogens (tertiary/aromatic N) is 1. The number of carbonyl (C=O) groups is 1. The number of aromatic hydroxyl groups is 1. The average molecular weight is 434 g/mol. The van der Waals surface area contributed by atoms with Crippen molar-refractivity contribution in [1.82, 2.24) is 4.90 Å². The summed E-state index contributed by atoms with van der Waals surface area (Å²) in [5.74, 6) is -0.543. The van der Waals surface area contributed by atoms with Gasteiger partial charge in [-0.15, -0.1) is 0 Å². The SMILES string of the molecule is O=C(c1ccc(I)c(O)c1)N(CCBr)CC(F)F. The molecule has 18 heavy (non-hydrogen) atoms. The maximum Gasteiger partial charge on any atom is 0.255 e. The van der Waals surface area contributed by atoms with Gasteiger partial charge in [0.15, 0.2) is 0 Å². The molecular weight excluding hydrogens is 423 g/mol. The highest BCUT2D eigenvalue weighted by molar-refractivity contribution is 14.1. The summed E-state index contributed by atoms with van der Waals surface area (Å²) in [6, 6.07) is 4.37. The number of hydrogen-bond acceptors (Lipinski definition) is 2. The lowest BCUT2D eigenvalue weighted by atomic mass is 10.2. The zero-order chi connectivity index (χ0) is 13.7. The molecule has 0 radical (unpaired) electrons. The maximum absolute atomic E-state index is 12.4. The van der Waals surface area contributed by atoms with Gasteiger partial charge in [0.1, 0.15) is 5.75 Å². The van der Waals surface area contributed by atoms with Gasteiger partial charge in [0.05, 0.1) is 10.1 Å². The van der Waals surface area contributed by atoms with Crippen molar-refractivity contribution in [3.05, 3.63) is 27.3 Å². The van der Waals surface area contributed by atoms with Crippen molar-refractivity contribution in [3.8, 4) is 5.75 Å². The van der Waals surface area contributed by atoms with Crippen LogP contribution >= 0.6 is 38.5 Å². The van der Waals surface area contributed by atoms with E-state index >= 15 is 0 Å². The molecule has 3 nitrogen and oxygen atoms in total. The van der Waals surface area contributed by atoms with Crippen molar-refractivity contribution >= 4 is 44.4 Å². The second kappa shape index (κ2) is 7.22. The minimum atomic E-state index is -2.58. The van der Waals surface area contributed by atoms with Gasteiger partial charge in [-0.2, -0.15) is 0 Å². The Morgan fingerprint density at radius 2 is 2.17 bits per heavy atom. The molecule has 1 N–H and O–H groups in total. The maximum atomic E-state index is 12.4. The summed E-state index contributed by atoms with van der Waals surface area (Å²) in [5.41, 5.74) is 0.203. The Labute approximate surface area is 125 Å². The Hall–Kier alpha value is -0.440. The van der Waals surface area contributed by atoms with Crippen molar-refractivity contribution in [2.24, 2.45) is 0 Å². The molecule has 0 spiro atoms. The molecule has 0 atom stereocenters. The quantitative estimate of drug-likeness (QED) is 0.572. The van der Waals surface area contributed by atoms with Crippen LogP contribution in [-0.4, -0.2) is 40.8 Å². The molecule has 0 saturated carbocycles. The smallest absolute Gasteiger partial charge is 0.255 e. The Morgan fingerprint density at radius 3 is 2.67 bits per heavy atom. The molecule has 1 aromatic carbocycles. The van der Waals surface area contributed by atoms with Gasteiger partial charge in [0.2, 0.25) is 0 Å². The van der Waals surface area contributed by atoms with Crippen LogP contribution in [0.15, 0.2) is 18.2 Å². The third-order valence-corrected chi connectivity index (χ3v) is 3.46. The summed E-state index contributed by atoms with van der Waals surface area (Å²) in [6.45, 7) is -0.424. The van der Waals surface area contributed by atoms with E-state index in [0.717, 1.165) is 4.90 Å². The van der Waals surface area contributed by atoms with E-state index in [1.54, 1.807) is 6.07 Å². The van der Waals surface area contributed by atoms with Gasteiger partial charge >= 0.3 is 0 Å². The summed E-state index contributed by atoms with van der Waals surface area (Å²) in [7, 11) is 0. The highest BCUT2D eigenvalue weighted by Crippen LogP contribution is 2.21. The third kappa shape index (κ3) is 4.34. The van der Waals surface area contributed by atoms with E-state index in [1.807, 2.05) is 22.6 Å². The second-order valence-electron chi connectivity index (χ2n) is 3.50. The highest BCUT2D eigenvalue weighted by Gasteiger charge is 2.19. The van der Waals surface area contributed by atoms with Crippen LogP contribution in [-0.2, 0) is 0 Å². The number of halogens is 4. The molecule has 100 valence electrons. The predicted molar refractivity (Wildman–Crippen MR) is 76.5 cm³/mol. The molecule has 1 rings (SSSR count). The lowest BCUT2D eigenvalue weighted by molar-refractivity contribution is 0.0572. The van der Waals surface area contributed by atoms with Crippen LogP contribution in [0.1, 0.15) is 10.4 Å². The Balaban J connectivity index is 2.90. The lowest BCUT2D eigenvalue weighted by Crippen LogP contribution is -2.36. The number of amides is 1. The fourth-order valence-corrected chi connectivity index (χ4v) is 2.14. The zero-order valence-corrected chi connectivity index (χ0v) is 13.0. The predicted octanol–water partition coefficient (Wildman–Crippen LogP) is 3.10. The third-order valence-electron chi connectivity index (χ3n) is 2.19. The number of phenols is 1. The van der Waals surface area contributed by atoms with E-state index in [9.17, 15) is 18.7 Å². The summed E-state index contributed by atoms with van der Waals surface area (Å²) in [4.78, 5) is 13.0. The molecular formula is C11H11BrF2INO2. The average Bonchev–Trinajstić information content (AvgIpc) is 2.31. The lowest BCUT2D eigenvalue weighted by Gasteiger charge is -2.21. The largest absolute Gasteiger partial charge is 0.507 e. The zero-order valence-electron chi connectivity index (χ0n) is 9.25. The molecule has 7 heteroatoms. The van der Waals surface area contributed by atoms with E-state index in [0.29, 0.717) is 8.90 Å². The van der Waals surface area contributed by atoms with E-state index in [4.69, 9.17) is 0 Å². The summed E-state index contributed by atoms with van der Waals surface area (Å²) in [6.07, 6.45) is -2.58. The minimum absolute atomic E-state index is 0.0303. The normalized spacial score (nSPS) is 10.7. The van der Waals surface area contributed by atoms with Gasteiger partial charge < -0.3 is 10.0 Å². The first-order valence-corrected chi connectivity index (χ1v) is 7.27. The Bertz CT molecular complexity index is 432. The second-order valence-corrected chi connectivity index (χ2v) is 5.45. The molecule has 1 aromatic rings. The van der Waals surface area contributed by atoms with Crippen LogP contribution in [0, 0.1) is 3.57 Å². The number of carbonyl (C=O) groups excluding carboxylic acids is 1. The van der Waals surface area contributed by atoms with Gasteiger partial charge in [-0.3, -0.25) is 4.79 Å². The van der Waals surface area contributed by atoms with Crippen LogP contribution in [0.25, 0.3) is 0 Å². The Morgan fingerprint density at radius 1 is 1.50 bits per heavy atom. The van der Waals surface area contributed by atoms with Gasteiger partial charge in [-0.05, 0) is 40.8 Å². The molecule has 0 bridgehead atoms. The van der Waals surface area contributed by atoms with E-state index in [-0.39, 0.29) is 17.9 Å². The van der Waals surface area contributed by atoms with Crippen LogP contribution in [0.4, 0.5) is 8.78 Å². The minimum Gasteiger partial charge on any atom is -0.507 e. The molecule has 0 saturated heterocycles. The van der Waals surface area contributed by atoms with Crippen molar-refractivity contribution in [2.45, 2.75) is 6.43 Å². The molecule has 0 unspecified atom stereocenters. The van der Waals surface area contributed by atoms with E-state index < -0.39 is 18.9 Å². The van der Waals surface area contributed by atoms with Crippen LogP contribution in [0.5, 0.6) is 5.75 Å². The van der Waals surface area contributed by atoms with E-state index in [2.05, 4.69) is 15.9 Å². The van der Waals surface area contributed by atoms with Crippen LogP contribution < -0.4 is 0 Å². The summed E-state index contributed by atoms with van der Waals surface area (Å²) in [5, 5.41) is 9.93. The molecule has 0 aliphatic rings. The summed E-state index contributed by atoms with van der Waals surface area (Å²) >= 11 is 5.03.